The van der Waals surface area contributed by atoms with Gasteiger partial charge in [0.25, 0.3) is 0 Å². The summed E-state index contributed by atoms with van der Waals surface area (Å²) in [6.07, 6.45) is 3.64. The van der Waals surface area contributed by atoms with Crippen molar-refractivity contribution < 1.29 is 13.9 Å². The second-order valence-corrected chi connectivity index (χ2v) is 8.98. The van der Waals surface area contributed by atoms with E-state index in [-0.39, 0.29) is 12.1 Å². The molecule has 2 amide bonds. The highest BCUT2D eigenvalue weighted by Crippen LogP contribution is 2.38. The zero-order valence-electron chi connectivity index (χ0n) is 20.7. The van der Waals surface area contributed by atoms with Crippen LogP contribution in [-0.4, -0.2) is 32.4 Å². The van der Waals surface area contributed by atoms with Gasteiger partial charge in [-0.15, -0.1) is 0 Å². The summed E-state index contributed by atoms with van der Waals surface area (Å²) in [5.74, 6) is 2.39. The van der Waals surface area contributed by atoms with Crippen LogP contribution >= 0.6 is 0 Å². The molecular weight excluding hydrogens is 466 g/mol. The molecule has 5 aromatic rings. The van der Waals surface area contributed by atoms with Crippen LogP contribution in [0.25, 0.3) is 11.5 Å². The van der Waals surface area contributed by atoms with Crippen LogP contribution in [0.3, 0.4) is 0 Å². The van der Waals surface area contributed by atoms with Crippen molar-refractivity contribution in [3.63, 3.8) is 0 Å². The van der Waals surface area contributed by atoms with Crippen LogP contribution in [0.5, 0.6) is 5.75 Å². The van der Waals surface area contributed by atoms with E-state index in [4.69, 9.17) is 14.3 Å². The van der Waals surface area contributed by atoms with E-state index in [9.17, 15) is 4.79 Å². The number of amides is 2. The largest absolute Gasteiger partial charge is 0.497 e. The summed E-state index contributed by atoms with van der Waals surface area (Å²) in [7, 11) is 1.65. The number of methoxy groups -OCH3 is 1. The molecule has 1 aliphatic heterocycles. The van der Waals surface area contributed by atoms with Crippen molar-refractivity contribution in [1.29, 1.82) is 0 Å². The van der Waals surface area contributed by atoms with Gasteiger partial charge >= 0.3 is 6.03 Å². The molecule has 0 unspecified atom stereocenters. The molecule has 8 heteroatoms. The predicted octanol–water partition coefficient (Wildman–Crippen LogP) is 5.39. The number of fused-ring (bicyclic) bond motifs is 3. The Morgan fingerprint density at radius 2 is 1.86 bits per heavy atom. The van der Waals surface area contributed by atoms with Gasteiger partial charge in [-0.2, -0.15) is 5.10 Å². The fourth-order valence-electron chi connectivity index (χ4n) is 4.96. The van der Waals surface area contributed by atoms with Gasteiger partial charge in [-0.1, -0.05) is 30.3 Å². The highest BCUT2D eigenvalue weighted by atomic mass is 16.5. The van der Waals surface area contributed by atoms with Gasteiger partial charge < -0.3 is 23.9 Å². The number of furan rings is 1. The third kappa shape index (κ3) is 4.06. The van der Waals surface area contributed by atoms with Crippen LogP contribution in [0, 0.1) is 6.92 Å². The Morgan fingerprint density at radius 3 is 2.59 bits per heavy atom. The number of urea groups is 1. The van der Waals surface area contributed by atoms with Crippen LogP contribution in [0.4, 0.5) is 4.79 Å². The molecule has 186 valence electrons. The van der Waals surface area contributed by atoms with Crippen LogP contribution < -0.4 is 10.1 Å². The highest BCUT2D eigenvalue weighted by Gasteiger charge is 2.36. The molecule has 2 aromatic carbocycles. The summed E-state index contributed by atoms with van der Waals surface area (Å²) in [4.78, 5) is 15.7. The van der Waals surface area contributed by atoms with E-state index >= 15 is 0 Å². The maximum atomic E-state index is 13.8. The van der Waals surface area contributed by atoms with Gasteiger partial charge in [0.2, 0.25) is 0 Å². The molecule has 0 saturated heterocycles. The van der Waals surface area contributed by atoms with Gasteiger partial charge in [0.1, 0.15) is 17.3 Å². The van der Waals surface area contributed by atoms with E-state index in [2.05, 4.69) is 16.0 Å². The van der Waals surface area contributed by atoms with Crippen molar-refractivity contribution >= 4 is 6.03 Å². The number of hydrogen-bond acceptors (Lipinski definition) is 4. The molecule has 0 aliphatic carbocycles. The topological polar surface area (TPSA) is 77.5 Å². The lowest BCUT2D eigenvalue weighted by molar-refractivity contribution is 0.179. The molecule has 0 fully saturated rings. The van der Waals surface area contributed by atoms with E-state index in [1.165, 1.54) is 0 Å². The zero-order valence-corrected chi connectivity index (χ0v) is 20.7. The molecule has 3 aromatic heterocycles. The summed E-state index contributed by atoms with van der Waals surface area (Å²) in [5.41, 5.74) is 4.77. The first kappa shape index (κ1) is 22.7. The first-order valence-electron chi connectivity index (χ1n) is 12.2. The molecule has 37 heavy (non-hydrogen) atoms. The Bertz CT molecular complexity index is 1520. The lowest BCUT2D eigenvalue weighted by Crippen LogP contribution is -2.41. The summed E-state index contributed by atoms with van der Waals surface area (Å²) < 4.78 is 14.9. The Kier molecular flexibility index (Phi) is 5.76. The normalized spacial score (nSPS) is 14.5. The van der Waals surface area contributed by atoms with Gasteiger partial charge in [0, 0.05) is 11.8 Å². The number of hydrogen-bond donors (Lipinski definition) is 1. The van der Waals surface area contributed by atoms with Gasteiger partial charge in [0.15, 0.2) is 0 Å². The van der Waals surface area contributed by atoms with Crippen LogP contribution in [0.15, 0.2) is 95.7 Å². The van der Waals surface area contributed by atoms with Crippen molar-refractivity contribution in [3.8, 4) is 17.3 Å². The fraction of sp³-hybridized carbons (Fsp3) is 0.172. The molecule has 0 spiro atoms. The summed E-state index contributed by atoms with van der Waals surface area (Å²) in [6, 6.07) is 25.2. The number of benzene rings is 2. The predicted molar refractivity (Wildman–Crippen MR) is 139 cm³/mol. The van der Waals surface area contributed by atoms with Crippen molar-refractivity contribution in [2.24, 2.45) is 0 Å². The SMILES string of the molecule is COc1ccc([C@@H]2c3cccn3-c3c(c(C)nn3-c3ccccc3)CN2C(=O)NCc2ccco2)cc1. The number of aryl methyl sites for hydroxylation is 1. The lowest BCUT2D eigenvalue weighted by atomic mass is 10.0. The van der Waals surface area contributed by atoms with Crippen molar-refractivity contribution in [1.82, 2.24) is 24.6 Å². The fourth-order valence-corrected chi connectivity index (χ4v) is 4.96. The minimum atomic E-state index is -0.339. The highest BCUT2D eigenvalue weighted by molar-refractivity contribution is 5.76. The van der Waals surface area contributed by atoms with E-state index in [1.54, 1.807) is 13.4 Å². The van der Waals surface area contributed by atoms with Crippen LogP contribution in [0.1, 0.15) is 34.3 Å². The van der Waals surface area contributed by atoms with Gasteiger partial charge in [0.05, 0.1) is 49.6 Å². The van der Waals surface area contributed by atoms with Crippen molar-refractivity contribution in [2.75, 3.05) is 7.11 Å². The molecule has 0 saturated carbocycles. The number of ether oxygens (including phenoxy) is 1. The number of carbonyl (C=O) groups is 1. The molecule has 1 atom stereocenters. The van der Waals surface area contributed by atoms with Crippen molar-refractivity contribution in [3.05, 3.63) is 120 Å². The summed E-state index contributed by atoms with van der Waals surface area (Å²) in [6.45, 7) is 2.68. The third-order valence-corrected chi connectivity index (χ3v) is 6.77. The first-order chi connectivity index (χ1) is 18.1. The van der Waals surface area contributed by atoms with Crippen LogP contribution in [-0.2, 0) is 13.1 Å². The average molecular weight is 494 g/mol. The van der Waals surface area contributed by atoms with E-state index in [1.807, 2.05) is 95.5 Å². The maximum absolute atomic E-state index is 13.8. The number of para-hydroxylation sites is 1. The minimum absolute atomic E-state index is 0.190. The van der Waals surface area contributed by atoms with Gasteiger partial charge in [-0.05, 0) is 61.0 Å². The van der Waals surface area contributed by atoms with E-state index in [0.29, 0.717) is 18.8 Å². The monoisotopic (exact) mass is 493 g/mol. The number of aromatic nitrogens is 3. The molecule has 6 rings (SSSR count). The Morgan fingerprint density at radius 1 is 1.05 bits per heavy atom. The number of nitrogens with one attached hydrogen (secondary N) is 1. The van der Waals surface area contributed by atoms with Crippen LogP contribution in [0.2, 0.25) is 0 Å². The standard InChI is InChI=1S/C29H27N5O3/c1-20-25-19-33(29(35)30-18-24-10-7-17-37-24)27(21-12-14-23(36-2)15-13-21)26-11-6-16-32(26)28(25)34(31-20)22-8-4-3-5-9-22/h3-17,27H,18-19H2,1-2H3,(H,30,35)/t27-/m1/s1. The van der Waals surface area contributed by atoms with Gasteiger partial charge in [-0.25, -0.2) is 9.48 Å². The molecule has 0 bridgehead atoms. The third-order valence-electron chi connectivity index (χ3n) is 6.77. The second-order valence-electron chi connectivity index (χ2n) is 8.98. The number of carbonyl (C=O) groups excluding carboxylic acids is 1. The number of rotatable bonds is 5. The Labute approximate surface area is 214 Å². The summed E-state index contributed by atoms with van der Waals surface area (Å²) in [5, 5.41) is 7.94. The Balaban J connectivity index is 1.49. The lowest BCUT2D eigenvalue weighted by Gasteiger charge is -2.31. The minimum Gasteiger partial charge on any atom is -0.497 e. The molecule has 1 N–H and O–H groups in total. The molecule has 1 aliphatic rings. The van der Waals surface area contributed by atoms with Crippen molar-refractivity contribution in [2.45, 2.75) is 26.1 Å². The smallest absolute Gasteiger partial charge is 0.318 e. The molecular formula is C29H27N5O3. The molecule has 0 radical (unpaired) electrons. The first-order valence-corrected chi connectivity index (χ1v) is 12.2. The summed E-state index contributed by atoms with van der Waals surface area (Å²) >= 11 is 0. The molecule has 8 nitrogen and oxygen atoms in total. The number of nitrogens with zero attached hydrogens (tertiary/aromatic N) is 4. The van der Waals surface area contributed by atoms with E-state index in [0.717, 1.165) is 39.8 Å². The molecule has 4 heterocycles. The Hall–Kier alpha value is -4.72. The van der Waals surface area contributed by atoms with E-state index < -0.39 is 0 Å². The average Bonchev–Trinajstić information content (AvgIpc) is 3.67. The second kappa shape index (κ2) is 9.39. The quantitative estimate of drug-likeness (QED) is 0.356. The van der Waals surface area contributed by atoms with Gasteiger partial charge in [-0.3, -0.25) is 0 Å². The zero-order chi connectivity index (χ0) is 25.4. The maximum Gasteiger partial charge on any atom is 0.318 e.